The second-order valence-corrected chi connectivity index (χ2v) is 4.21. The quantitative estimate of drug-likeness (QED) is 0.801. The van der Waals surface area contributed by atoms with E-state index in [2.05, 4.69) is 4.98 Å². The zero-order chi connectivity index (χ0) is 14.2. The maximum absolute atomic E-state index is 12.6. The SMILES string of the molecule is NC(Cc1cccc2[nH]c(C(F)(F)F)cc12)C(=O)O. The zero-order valence-electron chi connectivity index (χ0n) is 9.66. The van der Waals surface area contributed by atoms with Crippen molar-refractivity contribution in [3.05, 3.63) is 35.5 Å². The molecule has 0 bridgehead atoms. The molecule has 0 amide bonds. The van der Waals surface area contributed by atoms with E-state index in [-0.39, 0.29) is 6.42 Å². The average molecular weight is 272 g/mol. The number of carboxylic acid groups (broad SMARTS) is 1. The molecular formula is C12H11F3N2O2. The molecule has 0 spiro atoms. The van der Waals surface area contributed by atoms with Crippen LogP contribution < -0.4 is 5.73 Å². The number of benzene rings is 1. The van der Waals surface area contributed by atoms with E-state index >= 15 is 0 Å². The Labute approximate surface area is 106 Å². The zero-order valence-corrected chi connectivity index (χ0v) is 9.66. The second-order valence-electron chi connectivity index (χ2n) is 4.21. The first kappa shape index (κ1) is 13.4. The minimum Gasteiger partial charge on any atom is -0.480 e. The fraction of sp³-hybridized carbons (Fsp3) is 0.250. The van der Waals surface area contributed by atoms with Crippen LogP contribution in [0.2, 0.25) is 0 Å². The van der Waals surface area contributed by atoms with Crippen LogP contribution in [0.4, 0.5) is 13.2 Å². The lowest BCUT2D eigenvalue weighted by atomic mass is 10.0. The highest BCUT2D eigenvalue weighted by Gasteiger charge is 2.32. The number of halogens is 3. The lowest BCUT2D eigenvalue weighted by Gasteiger charge is -2.07. The Bertz CT molecular complexity index is 619. The number of hydrogen-bond acceptors (Lipinski definition) is 2. The molecule has 102 valence electrons. The van der Waals surface area contributed by atoms with Gasteiger partial charge in [0.25, 0.3) is 0 Å². The smallest absolute Gasteiger partial charge is 0.431 e. The number of rotatable bonds is 3. The van der Waals surface area contributed by atoms with Gasteiger partial charge >= 0.3 is 12.1 Å². The number of alkyl halides is 3. The second kappa shape index (κ2) is 4.58. The Morgan fingerprint density at radius 3 is 2.68 bits per heavy atom. The highest BCUT2D eigenvalue weighted by molar-refractivity contribution is 5.85. The molecule has 19 heavy (non-hydrogen) atoms. The van der Waals surface area contributed by atoms with Crippen molar-refractivity contribution in [3.63, 3.8) is 0 Å². The average Bonchev–Trinajstić information content (AvgIpc) is 2.73. The molecule has 4 nitrogen and oxygen atoms in total. The molecule has 0 saturated carbocycles. The maximum atomic E-state index is 12.6. The molecule has 0 radical (unpaired) electrons. The summed E-state index contributed by atoms with van der Waals surface area (Å²) >= 11 is 0. The predicted molar refractivity (Wildman–Crippen MR) is 62.6 cm³/mol. The fourth-order valence-corrected chi connectivity index (χ4v) is 1.87. The molecule has 0 saturated heterocycles. The Morgan fingerprint density at radius 1 is 1.42 bits per heavy atom. The number of aliphatic carboxylic acids is 1. The summed E-state index contributed by atoms with van der Waals surface area (Å²) in [5.74, 6) is -1.19. The molecule has 1 atom stereocenters. The molecule has 1 aromatic carbocycles. The number of carbonyl (C=O) groups is 1. The Morgan fingerprint density at radius 2 is 2.11 bits per heavy atom. The molecule has 0 fully saturated rings. The number of aromatic nitrogens is 1. The number of H-pyrrole nitrogens is 1. The van der Waals surface area contributed by atoms with Crippen LogP contribution in [0.5, 0.6) is 0 Å². The van der Waals surface area contributed by atoms with Crippen molar-refractivity contribution in [2.24, 2.45) is 5.73 Å². The van der Waals surface area contributed by atoms with E-state index in [1.165, 1.54) is 6.07 Å². The number of nitrogens with one attached hydrogen (secondary N) is 1. The molecule has 1 heterocycles. The van der Waals surface area contributed by atoms with Crippen LogP contribution in [0.15, 0.2) is 24.3 Å². The van der Waals surface area contributed by atoms with Crippen LogP contribution in [0.3, 0.4) is 0 Å². The standard InChI is InChI=1S/C12H11F3N2O2/c13-12(14,15)10-5-7-6(4-8(16)11(18)19)2-1-3-9(7)17-10/h1-3,5,8,17H,4,16H2,(H,18,19). The van der Waals surface area contributed by atoms with Gasteiger partial charge in [-0.3, -0.25) is 4.79 Å². The summed E-state index contributed by atoms with van der Waals surface area (Å²) in [6.07, 6.45) is -4.49. The third-order valence-electron chi connectivity index (χ3n) is 2.82. The molecule has 0 aliphatic rings. The molecular weight excluding hydrogens is 261 g/mol. The molecule has 1 unspecified atom stereocenters. The summed E-state index contributed by atoms with van der Waals surface area (Å²) in [6, 6.07) is 4.46. The predicted octanol–water partition coefficient (Wildman–Crippen LogP) is 2.14. The number of hydrogen-bond donors (Lipinski definition) is 3. The topological polar surface area (TPSA) is 79.1 Å². The van der Waals surface area contributed by atoms with Gasteiger partial charge in [-0.2, -0.15) is 13.2 Å². The summed E-state index contributed by atoms with van der Waals surface area (Å²) in [5, 5.41) is 9.08. The Kier molecular flexibility index (Phi) is 3.23. The van der Waals surface area contributed by atoms with Crippen LogP contribution in [0.25, 0.3) is 10.9 Å². The van der Waals surface area contributed by atoms with Gasteiger partial charge in [0.15, 0.2) is 0 Å². The van der Waals surface area contributed by atoms with Gasteiger partial charge in [0, 0.05) is 10.9 Å². The van der Waals surface area contributed by atoms with Crippen LogP contribution in [0.1, 0.15) is 11.3 Å². The molecule has 1 aromatic heterocycles. The van der Waals surface area contributed by atoms with Gasteiger partial charge in [-0.25, -0.2) is 0 Å². The van der Waals surface area contributed by atoms with E-state index in [9.17, 15) is 18.0 Å². The highest BCUT2D eigenvalue weighted by atomic mass is 19.4. The monoisotopic (exact) mass is 272 g/mol. The van der Waals surface area contributed by atoms with Crippen molar-refractivity contribution < 1.29 is 23.1 Å². The minimum atomic E-state index is -4.47. The van der Waals surface area contributed by atoms with Gasteiger partial charge in [-0.15, -0.1) is 0 Å². The maximum Gasteiger partial charge on any atom is 0.431 e. The van der Waals surface area contributed by atoms with Crippen LogP contribution >= 0.6 is 0 Å². The molecule has 2 rings (SSSR count). The summed E-state index contributed by atoms with van der Waals surface area (Å²) in [6.45, 7) is 0. The van der Waals surface area contributed by atoms with Gasteiger partial charge in [0.1, 0.15) is 11.7 Å². The normalized spacial score (nSPS) is 13.7. The summed E-state index contributed by atoms with van der Waals surface area (Å²) < 4.78 is 37.8. The third kappa shape index (κ3) is 2.70. The van der Waals surface area contributed by atoms with Gasteiger partial charge in [0.2, 0.25) is 0 Å². The number of aromatic amines is 1. The largest absolute Gasteiger partial charge is 0.480 e. The van der Waals surface area contributed by atoms with Gasteiger partial charge in [0.05, 0.1) is 0 Å². The highest BCUT2D eigenvalue weighted by Crippen LogP contribution is 2.32. The molecule has 4 N–H and O–H groups in total. The number of nitrogens with two attached hydrogens (primary N) is 1. The van der Waals surface area contributed by atoms with Gasteiger partial charge in [-0.05, 0) is 24.1 Å². The first-order valence-corrected chi connectivity index (χ1v) is 5.45. The van der Waals surface area contributed by atoms with Gasteiger partial charge < -0.3 is 15.8 Å². The molecule has 2 aromatic rings. The van der Waals surface area contributed by atoms with Crippen molar-refractivity contribution in [1.29, 1.82) is 0 Å². The number of carboxylic acids is 1. The van der Waals surface area contributed by atoms with E-state index in [1.54, 1.807) is 12.1 Å². The Balaban J connectivity index is 2.45. The van der Waals surface area contributed by atoms with Crippen LogP contribution in [-0.2, 0) is 17.4 Å². The Hall–Kier alpha value is -2.02. The van der Waals surface area contributed by atoms with Crippen molar-refractivity contribution in [2.45, 2.75) is 18.6 Å². The fourth-order valence-electron chi connectivity index (χ4n) is 1.87. The molecule has 0 aliphatic carbocycles. The van der Waals surface area contributed by atoms with Crippen molar-refractivity contribution in [2.75, 3.05) is 0 Å². The summed E-state index contributed by atoms with van der Waals surface area (Å²) in [5.41, 5.74) is 5.32. The van der Waals surface area contributed by atoms with Crippen molar-refractivity contribution >= 4 is 16.9 Å². The van der Waals surface area contributed by atoms with Crippen molar-refractivity contribution in [1.82, 2.24) is 4.98 Å². The summed E-state index contributed by atoms with van der Waals surface area (Å²) in [7, 11) is 0. The van der Waals surface area contributed by atoms with E-state index < -0.39 is 23.9 Å². The first-order valence-electron chi connectivity index (χ1n) is 5.45. The van der Waals surface area contributed by atoms with Crippen LogP contribution in [-0.4, -0.2) is 22.1 Å². The van der Waals surface area contributed by atoms with E-state index in [0.29, 0.717) is 16.5 Å². The van der Waals surface area contributed by atoms with Crippen molar-refractivity contribution in [3.8, 4) is 0 Å². The summed E-state index contributed by atoms with van der Waals surface area (Å²) in [4.78, 5) is 13.0. The van der Waals surface area contributed by atoms with E-state index in [0.717, 1.165) is 6.07 Å². The van der Waals surface area contributed by atoms with Gasteiger partial charge in [-0.1, -0.05) is 12.1 Å². The lowest BCUT2D eigenvalue weighted by molar-refractivity contribution is -0.141. The molecule has 0 aliphatic heterocycles. The van der Waals surface area contributed by atoms with Crippen LogP contribution in [0, 0.1) is 0 Å². The lowest BCUT2D eigenvalue weighted by Crippen LogP contribution is -2.32. The van der Waals surface area contributed by atoms with E-state index in [1.807, 2.05) is 0 Å². The number of fused-ring (bicyclic) bond motifs is 1. The minimum absolute atomic E-state index is 0.0260. The molecule has 7 heteroatoms. The van der Waals surface area contributed by atoms with E-state index in [4.69, 9.17) is 10.8 Å². The first-order chi connectivity index (χ1) is 8.79. The third-order valence-corrected chi connectivity index (χ3v) is 2.82.